The minimum atomic E-state index is 1.03. The van der Waals surface area contributed by atoms with Crippen LogP contribution in [0.1, 0.15) is 23.6 Å². The van der Waals surface area contributed by atoms with Crippen LogP contribution in [0.25, 0.3) is 5.70 Å². The molecule has 1 heterocycles. The quantitative estimate of drug-likeness (QED) is 0.557. The van der Waals surface area contributed by atoms with Crippen LogP contribution in [0.5, 0.6) is 0 Å². The Kier molecular flexibility index (Phi) is 1.65. The summed E-state index contributed by atoms with van der Waals surface area (Å²) in [5, 5.41) is 6.38. The molecule has 0 amide bonds. The van der Waals surface area contributed by atoms with Crippen molar-refractivity contribution in [2.24, 2.45) is 5.10 Å². The van der Waals surface area contributed by atoms with Gasteiger partial charge in [-0.25, -0.2) is 0 Å². The van der Waals surface area contributed by atoms with Crippen molar-refractivity contribution in [2.75, 3.05) is 0 Å². The normalized spacial score (nSPS) is 13.7. The molecule has 13 heavy (non-hydrogen) atoms. The van der Waals surface area contributed by atoms with Gasteiger partial charge in [-0.15, -0.1) is 0 Å². The van der Waals surface area contributed by atoms with Crippen molar-refractivity contribution in [1.29, 1.82) is 0 Å². The second-order valence-corrected chi connectivity index (χ2v) is 3.62. The smallest absolute Gasteiger partial charge is 0.0953 e. The van der Waals surface area contributed by atoms with Crippen molar-refractivity contribution >= 4 is 5.70 Å². The van der Waals surface area contributed by atoms with E-state index in [0.717, 1.165) is 11.1 Å². The first kappa shape index (κ1) is 8.30. The highest BCUT2D eigenvalue weighted by molar-refractivity contribution is 5.47. The van der Waals surface area contributed by atoms with Crippen LogP contribution in [0.4, 0.5) is 0 Å². The predicted octanol–water partition coefficient (Wildman–Crippen LogP) is 0.893. The Morgan fingerprint density at radius 3 is 2.38 bits per heavy atom. The molecule has 2 nitrogen and oxygen atoms in total. The van der Waals surface area contributed by atoms with Crippen LogP contribution in [0.3, 0.4) is 0 Å². The summed E-state index contributed by atoms with van der Waals surface area (Å²) in [5.74, 6) is 0. The number of nitrogens with zero attached hydrogens (tertiary/aromatic N) is 2. The highest BCUT2D eigenvalue weighted by atomic mass is 15.3. The van der Waals surface area contributed by atoms with Gasteiger partial charge < -0.3 is 0 Å². The molecule has 2 rings (SSSR count). The SMILES string of the molecule is CC1=c2c(C)c(C)c(C)cc2=N[N]1. The maximum atomic E-state index is 4.13. The Hall–Kier alpha value is -1.31. The van der Waals surface area contributed by atoms with Crippen LogP contribution < -0.4 is 16.0 Å². The van der Waals surface area contributed by atoms with E-state index in [9.17, 15) is 0 Å². The average molecular weight is 173 g/mol. The summed E-state index contributed by atoms with van der Waals surface area (Å²) < 4.78 is 0. The van der Waals surface area contributed by atoms with Gasteiger partial charge in [0.2, 0.25) is 0 Å². The fraction of sp³-hybridized carbons (Fsp3) is 0.364. The number of hydrogen-bond acceptors (Lipinski definition) is 1. The van der Waals surface area contributed by atoms with Gasteiger partial charge in [0.1, 0.15) is 0 Å². The van der Waals surface area contributed by atoms with E-state index in [2.05, 4.69) is 37.4 Å². The molecule has 1 radical (unpaired) electrons. The maximum absolute atomic E-state index is 4.13. The van der Waals surface area contributed by atoms with Crippen molar-refractivity contribution in [1.82, 2.24) is 5.43 Å². The molecule has 0 saturated heterocycles. The summed E-state index contributed by atoms with van der Waals surface area (Å²) in [6, 6.07) is 2.11. The number of hydrogen-bond donors (Lipinski definition) is 0. The summed E-state index contributed by atoms with van der Waals surface area (Å²) in [6.07, 6.45) is 0. The van der Waals surface area contributed by atoms with Gasteiger partial charge in [0.05, 0.1) is 11.1 Å². The second-order valence-electron chi connectivity index (χ2n) is 3.62. The molecule has 0 aliphatic carbocycles. The van der Waals surface area contributed by atoms with E-state index in [1.807, 2.05) is 6.92 Å². The van der Waals surface area contributed by atoms with Gasteiger partial charge >= 0.3 is 0 Å². The van der Waals surface area contributed by atoms with Crippen LogP contribution >= 0.6 is 0 Å². The molecule has 0 unspecified atom stereocenters. The minimum Gasteiger partial charge on any atom is -0.155 e. The molecule has 1 aromatic rings. The van der Waals surface area contributed by atoms with Gasteiger partial charge in [-0.1, -0.05) is 0 Å². The molecular formula is C11H13N2. The maximum Gasteiger partial charge on any atom is 0.0953 e. The summed E-state index contributed by atoms with van der Waals surface area (Å²) >= 11 is 0. The molecule has 1 aliphatic rings. The van der Waals surface area contributed by atoms with Crippen molar-refractivity contribution in [3.63, 3.8) is 0 Å². The molecule has 0 atom stereocenters. The fourth-order valence-corrected chi connectivity index (χ4v) is 1.78. The predicted molar refractivity (Wildman–Crippen MR) is 52.7 cm³/mol. The monoisotopic (exact) mass is 173 g/mol. The van der Waals surface area contributed by atoms with Crippen LogP contribution in [-0.2, 0) is 0 Å². The molecular weight excluding hydrogens is 160 g/mol. The zero-order valence-corrected chi connectivity index (χ0v) is 8.47. The third-order valence-corrected chi connectivity index (χ3v) is 2.81. The number of aryl methyl sites for hydroxylation is 1. The van der Waals surface area contributed by atoms with Crippen molar-refractivity contribution in [3.8, 4) is 0 Å². The molecule has 0 N–H and O–H groups in total. The van der Waals surface area contributed by atoms with Gasteiger partial charge in [-0.2, -0.15) is 10.5 Å². The molecule has 0 aromatic heterocycles. The standard InChI is InChI=1S/C11H13N2/c1-6-5-10-11(8(3)7(6)2)9(4)12-13-10/h5H,1-4H3. The van der Waals surface area contributed by atoms with Crippen LogP contribution in [0.2, 0.25) is 0 Å². The molecule has 1 aliphatic heterocycles. The van der Waals surface area contributed by atoms with Crippen molar-refractivity contribution in [3.05, 3.63) is 33.3 Å². The molecule has 0 bridgehead atoms. The summed E-state index contributed by atoms with van der Waals surface area (Å²) in [7, 11) is 0. The Morgan fingerprint density at radius 2 is 1.69 bits per heavy atom. The van der Waals surface area contributed by atoms with E-state index in [4.69, 9.17) is 0 Å². The molecule has 0 saturated carbocycles. The van der Waals surface area contributed by atoms with E-state index < -0.39 is 0 Å². The first-order valence-corrected chi connectivity index (χ1v) is 4.47. The molecule has 0 fully saturated rings. The lowest BCUT2D eigenvalue weighted by atomic mass is 10.0. The van der Waals surface area contributed by atoms with Gasteiger partial charge in [0.25, 0.3) is 0 Å². The first-order chi connectivity index (χ1) is 6.11. The van der Waals surface area contributed by atoms with E-state index in [0.29, 0.717) is 0 Å². The lowest BCUT2D eigenvalue weighted by Gasteiger charge is -2.03. The average Bonchev–Trinajstić information content (AvgIpc) is 2.43. The van der Waals surface area contributed by atoms with E-state index in [1.54, 1.807) is 0 Å². The van der Waals surface area contributed by atoms with Crippen LogP contribution in [-0.4, -0.2) is 0 Å². The van der Waals surface area contributed by atoms with Gasteiger partial charge in [0.15, 0.2) is 0 Å². The molecule has 2 heteroatoms. The van der Waals surface area contributed by atoms with Crippen molar-refractivity contribution < 1.29 is 0 Å². The van der Waals surface area contributed by atoms with Crippen molar-refractivity contribution in [2.45, 2.75) is 27.7 Å². The highest BCUT2D eigenvalue weighted by Crippen LogP contribution is 2.07. The van der Waals surface area contributed by atoms with E-state index >= 15 is 0 Å². The Labute approximate surface area is 78.0 Å². The third kappa shape index (κ3) is 1.05. The van der Waals surface area contributed by atoms with Crippen LogP contribution in [0.15, 0.2) is 11.2 Å². The van der Waals surface area contributed by atoms with Gasteiger partial charge in [0, 0.05) is 5.22 Å². The van der Waals surface area contributed by atoms with Gasteiger partial charge in [-0.3, -0.25) is 0 Å². The summed E-state index contributed by atoms with van der Waals surface area (Å²) in [4.78, 5) is 0. The first-order valence-electron chi connectivity index (χ1n) is 4.47. The highest BCUT2D eigenvalue weighted by Gasteiger charge is 2.09. The molecule has 1 aromatic carbocycles. The number of rotatable bonds is 0. The fourth-order valence-electron chi connectivity index (χ4n) is 1.78. The van der Waals surface area contributed by atoms with E-state index in [1.165, 1.54) is 21.9 Å². The Morgan fingerprint density at radius 1 is 1.00 bits per heavy atom. The summed E-state index contributed by atoms with van der Waals surface area (Å²) in [6.45, 7) is 8.42. The largest absolute Gasteiger partial charge is 0.155 e. The topological polar surface area (TPSA) is 26.5 Å². The Balaban J connectivity index is 3.01. The second kappa shape index (κ2) is 2.59. The van der Waals surface area contributed by atoms with Crippen LogP contribution in [0, 0.1) is 20.8 Å². The lowest BCUT2D eigenvalue weighted by Crippen LogP contribution is -2.27. The zero-order chi connectivity index (χ0) is 9.59. The summed E-state index contributed by atoms with van der Waals surface area (Å²) in [5.41, 5.74) is 9.09. The number of fused-ring (bicyclic) bond motifs is 1. The van der Waals surface area contributed by atoms with E-state index in [-0.39, 0.29) is 0 Å². The van der Waals surface area contributed by atoms with Gasteiger partial charge in [-0.05, 0) is 50.5 Å². The minimum absolute atomic E-state index is 1.03. The Bertz CT molecular complexity index is 484. The lowest BCUT2D eigenvalue weighted by molar-refractivity contribution is 0.944. The molecule has 0 spiro atoms. The third-order valence-electron chi connectivity index (χ3n) is 2.81. The molecule has 67 valence electrons. The zero-order valence-electron chi connectivity index (χ0n) is 8.47. The number of benzene rings is 1.